The molecule has 1 fully saturated rings. The summed E-state index contributed by atoms with van der Waals surface area (Å²) >= 11 is 0. The molecular weight excluding hydrogens is 408 g/mol. The first-order chi connectivity index (χ1) is 14.9. The van der Waals surface area contributed by atoms with Gasteiger partial charge in [0.25, 0.3) is 0 Å². The Morgan fingerprint density at radius 3 is 2.26 bits per heavy atom. The van der Waals surface area contributed by atoms with E-state index in [0.717, 1.165) is 5.56 Å². The maximum atomic E-state index is 12.1. The van der Waals surface area contributed by atoms with Gasteiger partial charge in [-0.05, 0) is 54.8 Å². The number of rotatable bonds is 8. The second-order valence-electron chi connectivity index (χ2n) is 7.25. The van der Waals surface area contributed by atoms with Crippen molar-refractivity contribution in [2.24, 2.45) is 0 Å². The normalized spacial score (nSPS) is 25.7. The first-order valence-corrected chi connectivity index (χ1v) is 9.91. The molecule has 9 heteroatoms. The molecule has 5 N–H and O–H groups in total. The third kappa shape index (κ3) is 5.93. The predicted molar refractivity (Wildman–Crippen MR) is 108 cm³/mol. The number of aryl methyl sites for hydroxylation is 1. The molecule has 2 aromatic carbocycles. The number of hydrogen-bond acceptors (Lipinski definition) is 9. The van der Waals surface area contributed by atoms with Crippen LogP contribution in [0.4, 0.5) is 0 Å². The van der Waals surface area contributed by atoms with Crippen LogP contribution in [0, 0.1) is 0 Å². The van der Waals surface area contributed by atoms with E-state index in [1.807, 2.05) is 12.1 Å². The highest BCUT2D eigenvalue weighted by molar-refractivity contribution is 5.89. The van der Waals surface area contributed by atoms with Crippen LogP contribution in [0.3, 0.4) is 0 Å². The standard InChI is InChI=1S/C22H26O9/c23-11-1-2-13-3-9-16(10-4-13)30-22-20(27)19(26)18(25)17(31-22)12-29-21(28)14-5-7-15(24)8-6-14/h3-10,17-20,22-27H,1-2,11-12H2/t17-,18-,19+,20-,22-/m1/s1. The van der Waals surface area contributed by atoms with Crippen LogP contribution in [0.15, 0.2) is 48.5 Å². The van der Waals surface area contributed by atoms with Crippen LogP contribution in [-0.4, -0.2) is 75.4 Å². The highest BCUT2D eigenvalue weighted by Crippen LogP contribution is 2.25. The van der Waals surface area contributed by atoms with Crippen molar-refractivity contribution in [2.45, 2.75) is 43.5 Å². The topological polar surface area (TPSA) is 146 Å². The summed E-state index contributed by atoms with van der Waals surface area (Å²) in [4.78, 5) is 12.1. The average Bonchev–Trinajstić information content (AvgIpc) is 2.78. The lowest BCUT2D eigenvalue weighted by molar-refractivity contribution is -0.277. The third-order valence-electron chi connectivity index (χ3n) is 4.95. The van der Waals surface area contributed by atoms with Crippen molar-refractivity contribution in [1.82, 2.24) is 0 Å². The Morgan fingerprint density at radius 1 is 0.935 bits per heavy atom. The number of esters is 1. The first kappa shape index (κ1) is 23.0. The Bertz CT molecular complexity index is 837. The van der Waals surface area contributed by atoms with Crippen molar-refractivity contribution in [3.8, 4) is 11.5 Å². The SMILES string of the molecule is O=C(OC[C@H]1O[C@@H](Oc2ccc(CCCO)cc2)[C@H](O)[C@@H](O)[C@@H]1O)c1ccc(O)cc1. The summed E-state index contributed by atoms with van der Waals surface area (Å²) in [5, 5.41) is 48.8. The molecule has 168 valence electrons. The molecule has 0 bridgehead atoms. The quantitative estimate of drug-likeness (QED) is 0.372. The molecule has 1 saturated heterocycles. The highest BCUT2D eigenvalue weighted by Gasteiger charge is 2.45. The zero-order chi connectivity index (χ0) is 22.4. The summed E-state index contributed by atoms with van der Waals surface area (Å²) in [6.45, 7) is -0.288. The number of phenols is 1. The molecule has 1 heterocycles. The fourth-order valence-electron chi connectivity index (χ4n) is 3.14. The van der Waals surface area contributed by atoms with Gasteiger partial charge in [0.2, 0.25) is 6.29 Å². The third-order valence-corrected chi connectivity index (χ3v) is 4.95. The predicted octanol–water partition coefficient (Wildman–Crippen LogP) is 0.360. The van der Waals surface area contributed by atoms with Crippen LogP contribution in [0.25, 0.3) is 0 Å². The fraction of sp³-hybridized carbons (Fsp3) is 0.409. The first-order valence-electron chi connectivity index (χ1n) is 9.91. The van der Waals surface area contributed by atoms with Gasteiger partial charge in [-0.15, -0.1) is 0 Å². The average molecular weight is 434 g/mol. The van der Waals surface area contributed by atoms with Crippen LogP contribution < -0.4 is 4.74 Å². The number of aromatic hydroxyl groups is 1. The van der Waals surface area contributed by atoms with Gasteiger partial charge in [0.05, 0.1) is 5.56 Å². The van der Waals surface area contributed by atoms with Gasteiger partial charge in [-0.2, -0.15) is 0 Å². The van der Waals surface area contributed by atoms with E-state index in [-0.39, 0.29) is 24.5 Å². The summed E-state index contributed by atoms with van der Waals surface area (Å²) in [7, 11) is 0. The van der Waals surface area contributed by atoms with Gasteiger partial charge in [0.1, 0.15) is 42.5 Å². The minimum atomic E-state index is -1.57. The van der Waals surface area contributed by atoms with Gasteiger partial charge in [0.15, 0.2) is 0 Å². The molecule has 0 radical (unpaired) electrons. The molecular formula is C22H26O9. The lowest BCUT2D eigenvalue weighted by Crippen LogP contribution is -2.60. The second-order valence-corrected chi connectivity index (χ2v) is 7.25. The van der Waals surface area contributed by atoms with E-state index in [0.29, 0.717) is 18.6 Å². The number of hydrogen-bond donors (Lipinski definition) is 5. The Labute approximate surface area is 179 Å². The second kappa shape index (κ2) is 10.6. The number of carbonyl (C=O) groups excluding carboxylic acids is 1. The van der Waals surface area contributed by atoms with Crippen molar-refractivity contribution in [3.05, 3.63) is 59.7 Å². The maximum absolute atomic E-state index is 12.1. The van der Waals surface area contributed by atoms with E-state index >= 15 is 0 Å². The summed E-state index contributed by atoms with van der Waals surface area (Å²) in [6.07, 6.45) is -5.67. The van der Waals surface area contributed by atoms with Gasteiger partial charge in [-0.1, -0.05) is 12.1 Å². The molecule has 5 atom stereocenters. The zero-order valence-electron chi connectivity index (χ0n) is 16.7. The summed E-state index contributed by atoms with van der Waals surface area (Å²) in [5.41, 5.74) is 1.19. The Morgan fingerprint density at radius 2 is 1.61 bits per heavy atom. The van der Waals surface area contributed by atoms with Crippen LogP contribution in [0.1, 0.15) is 22.3 Å². The molecule has 0 saturated carbocycles. The molecule has 31 heavy (non-hydrogen) atoms. The summed E-state index contributed by atoms with van der Waals surface area (Å²) in [6, 6.07) is 12.4. The molecule has 0 unspecified atom stereocenters. The molecule has 0 aliphatic carbocycles. The smallest absolute Gasteiger partial charge is 0.338 e. The molecule has 0 spiro atoms. The summed E-state index contributed by atoms with van der Waals surface area (Å²) in [5.74, 6) is -0.325. The van der Waals surface area contributed by atoms with Crippen molar-refractivity contribution in [2.75, 3.05) is 13.2 Å². The number of phenolic OH excluding ortho intramolecular Hbond substituents is 1. The Kier molecular flexibility index (Phi) is 7.83. The lowest BCUT2D eigenvalue weighted by Gasteiger charge is -2.39. The van der Waals surface area contributed by atoms with Crippen LogP contribution in [-0.2, 0) is 15.9 Å². The van der Waals surface area contributed by atoms with Gasteiger partial charge < -0.3 is 39.7 Å². The number of carbonyl (C=O) groups is 1. The van der Waals surface area contributed by atoms with E-state index in [9.17, 15) is 25.2 Å². The van der Waals surface area contributed by atoms with Gasteiger partial charge >= 0.3 is 5.97 Å². The van der Waals surface area contributed by atoms with E-state index in [4.69, 9.17) is 19.3 Å². The van der Waals surface area contributed by atoms with Gasteiger partial charge in [-0.3, -0.25) is 0 Å². The minimum absolute atomic E-state index is 0.00103. The monoisotopic (exact) mass is 434 g/mol. The van der Waals surface area contributed by atoms with E-state index in [2.05, 4.69) is 0 Å². The van der Waals surface area contributed by atoms with Crippen LogP contribution >= 0.6 is 0 Å². The van der Waals surface area contributed by atoms with Crippen molar-refractivity contribution < 1.29 is 44.5 Å². The number of aliphatic hydroxyl groups excluding tert-OH is 4. The molecule has 9 nitrogen and oxygen atoms in total. The lowest BCUT2D eigenvalue weighted by atomic mass is 9.99. The number of benzene rings is 2. The molecule has 1 aliphatic heterocycles. The minimum Gasteiger partial charge on any atom is -0.508 e. The largest absolute Gasteiger partial charge is 0.508 e. The van der Waals surface area contributed by atoms with E-state index < -0.39 is 36.7 Å². The molecule has 0 aromatic heterocycles. The van der Waals surface area contributed by atoms with Crippen LogP contribution in [0.2, 0.25) is 0 Å². The van der Waals surface area contributed by atoms with Crippen molar-refractivity contribution >= 4 is 5.97 Å². The highest BCUT2D eigenvalue weighted by atomic mass is 16.7. The fourth-order valence-corrected chi connectivity index (χ4v) is 3.14. The molecule has 2 aromatic rings. The van der Waals surface area contributed by atoms with Crippen molar-refractivity contribution in [1.29, 1.82) is 0 Å². The van der Waals surface area contributed by atoms with Crippen molar-refractivity contribution in [3.63, 3.8) is 0 Å². The molecule has 0 amide bonds. The Balaban J connectivity index is 1.60. The maximum Gasteiger partial charge on any atom is 0.338 e. The number of ether oxygens (including phenoxy) is 3. The molecule has 3 rings (SSSR count). The van der Waals surface area contributed by atoms with Gasteiger partial charge in [0, 0.05) is 6.61 Å². The zero-order valence-corrected chi connectivity index (χ0v) is 16.7. The summed E-state index contributed by atoms with van der Waals surface area (Å²) < 4.78 is 16.3. The van der Waals surface area contributed by atoms with Crippen LogP contribution in [0.5, 0.6) is 11.5 Å². The Hall–Kier alpha value is -2.69. The number of aliphatic hydroxyl groups is 4. The van der Waals surface area contributed by atoms with E-state index in [1.54, 1.807) is 12.1 Å². The van der Waals surface area contributed by atoms with Gasteiger partial charge in [-0.25, -0.2) is 4.79 Å². The van der Waals surface area contributed by atoms with E-state index in [1.165, 1.54) is 24.3 Å². The molecule has 1 aliphatic rings.